The lowest BCUT2D eigenvalue weighted by molar-refractivity contribution is 0.0970. The molecule has 1 aromatic rings. The van der Waals surface area contributed by atoms with Crippen LogP contribution in [0.4, 0.5) is 0 Å². The van der Waals surface area contributed by atoms with Crippen LogP contribution in [0.15, 0.2) is 24.3 Å². The lowest BCUT2D eigenvalue weighted by Gasteiger charge is -2.45. The van der Waals surface area contributed by atoms with E-state index in [1.165, 1.54) is 51.6 Å². The van der Waals surface area contributed by atoms with Crippen molar-refractivity contribution in [2.75, 3.05) is 19.6 Å². The SMILES string of the molecule is NCC1(N2CC3CCCC3C2)CCc2ccccc2C1. The minimum atomic E-state index is 0.249. The first-order valence-corrected chi connectivity index (χ1v) is 8.33. The van der Waals surface area contributed by atoms with E-state index in [0.29, 0.717) is 0 Å². The van der Waals surface area contributed by atoms with Crippen LogP contribution in [-0.2, 0) is 12.8 Å². The second-order valence-corrected chi connectivity index (χ2v) is 7.23. The van der Waals surface area contributed by atoms with Crippen LogP contribution in [0.25, 0.3) is 0 Å². The summed E-state index contributed by atoms with van der Waals surface area (Å²) in [6, 6.07) is 8.98. The highest BCUT2D eigenvalue weighted by Gasteiger charge is 2.46. The topological polar surface area (TPSA) is 29.3 Å². The number of nitrogens with zero attached hydrogens (tertiary/aromatic N) is 1. The van der Waals surface area contributed by atoms with E-state index in [-0.39, 0.29) is 5.54 Å². The van der Waals surface area contributed by atoms with E-state index in [0.717, 1.165) is 18.4 Å². The first-order valence-electron chi connectivity index (χ1n) is 8.33. The molecular weight excluding hydrogens is 244 g/mol. The Hall–Kier alpha value is -0.860. The fraction of sp³-hybridized carbons (Fsp3) is 0.667. The summed E-state index contributed by atoms with van der Waals surface area (Å²) in [4.78, 5) is 2.78. The number of hydrogen-bond donors (Lipinski definition) is 1. The van der Waals surface area contributed by atoms with Gasteiger partial charge in [-0.25, -0.2) is 0 Å². The Bertz CT molecular complexity index is 486. The molecule has 0 radical (unpaired) electrons. The second-order valence-electron chi connectivity index (χ2n) is 7.23. The van der Waals surface area contributed by atoms with Crippen LogP contribution in [0, 0.1) is 11.8 Å². The van der Waals surface area contributed by atoms with Crippen LogP contribution < -0.4 is 5.73 Å². The van der Waals surface area contributed by atoms with Gasteiger partial charge in [0.2, 0.25) is 0 Å². The number of benzene rings is 1. The summed E-state index contributed by atoms with van der Waals surface area (Å²) in [5.74, 6) is 1.94. The van der Waals surface area contributed by atoms with E-state index in [9.17, 15) is 0 Å². The predicted molar refractivity (Wildman–Crippen MR) is 82.7 cm³/mol. The van der Waals surface area contributed by atoms with Crippen molar-refractivity contribution in [2.45, 2.75) is 44.1 Å². The molecule has 2 N–H and O–H groups in total. The zero-order valence-electron chi connectivity index (χ0n) is 12.4. The van der Waals surface area contributed by atoms with E-state index in [1.807, 2.05) is 0 Å². The quantitative estimate of drug-likeness (QED) is 0.895. The zero-order chi connectivity index (χ0) is 13.6. The molecule has 2 nitrogen and oxygen atoms in total. The van der Waals surface area contributed by atoms with E-state index in [4.69, 9.17) is 5.73 Å². The molecule has 2 fully saturated rings. The maximum atomic E-state index is 6.28. The van der Waals surface area contributed by atoms with Crippen molar-refractivity contribution < 1.29 is 0 Å². The molecule has 3 unspecified atom stereocenters. The molecule has 0 bridgehead atoms. The van der Waals surface area contributed by atoms with Crippen LogP contribution in [0.2, 0.25) is 0 Å². The summed E-state index contributed by atoms with van der Waals surface area (Å²) in [6.07, 6.45) is 8.00. The molecule has 0 aromatic heterocycles. The van der Waals surface area contributed by atoms with E-state index < -0.39 is 0 Å². The van der Waals surface area contributed by atoms with Crippen LogP contribution >= 0.6 is 0 Å². The summed E-state index contributed by atoms with van der Waals surface area (Å²) in [5, 5.41) is 0. The molecule has 1 aliphatic heterocycles. The molecule has 3 atom stereocenters. The Morgan fingerprint density at radius 2 is 1.80 bits per heavy atom. The van der Waals surface area contributed by atoms with Gasteiger partial charge in [-0.15, -0.1) is 0 Å². The van der Waals surface area contributed by atoms with Crippen LogP contribution in [0.1, 0.15) is 36.8 Å². The molecule has 108 valence electrons. The number of rotatable bonds is 2. The van der Waals surface area contributed by atoms with Gasteiger partial charge in [0.1, 0.15) is 0 Å². The number of aryl methyl sites for hydroxylation is 1. The molecule has 1 saturated heterocycles. The molecule has 20 heavy (non-hydrogen) atoms. The Balaban J connectivity index is 1.59. The van der Waals surface area contributed by atoms with Gasteiger partial charge in [-0.2, -0.15) is 0 Å². The van der Waals surface area contributed by atoms with Gasteiger partial charge in [-0.05, 0) is 55.1 Å². The zero-order valence-corrected chi connectivity index (χ0v) is 12.4. The predicted octanol–water partition coefficient (Wildman–Crippen LogP) is 2.60. The second kappa shape index (κ2) is 4.85. The van der Waals surface area contributed by atoms with Crippen LogP contribution in [-0.4, -0.2) is 30.1 Å². The van der Waals surface area contributed by atoms with Gasteiger partial charge >= 0.3 is 0 Å². The van der Waals surface area contributed by atoms with Crippen molar-refractivity contribution in [3.63, 3.8) is 0 Å². The molecule has 2 aliphatic carbocycles. The smallest absolute Gasteiger partial charge is 0.0375 e. The first-order chi connectivity index (χ1) is 9.81. The Morgan fingerprint density at radius 3 is 2.50 bits per heavy atom. The third-order valence-electron chi connectivity index (χ3n) is 6.27. The third kappa shape index (κ3) is 1.93. The average Bonchev–Trinajstić information content (AvgIpc) is 3.08. The lowest BCUT2D eigenvalue weighted by Crippen LogP contribution is -2.56. The fourth-order valence-corrected chi connectivity index (χ4v) is 4.98. The Labute approximate surface area is 122 Å². The maximum Gasteiger partial charge on any atom is 0.0375 e. The molecule has 1 heterocycles. The lowest BCUT2D eigenvalue weighted by atomic mass is 9.77. The molecule has 3 aliphatic rings. The van der Waals surface area contributed by atoms with Crippen molar-refractivity contribution in [3.05, 3.63) is 35.4 Å². The van der Waals surface area contributed by atoms with E-state index in [1.54, 1.807) is 11.1 Å². The highest BCUT2D eigenvalue weighted by atomic mass is 15.2. The van der Waals surface area contributed by atoms with Gasteiger partial charge in [0.05, 0.1) is 0 Å². The third-order valence-corrected chi connectivity index (χ3v) is 6.27. The molecule has 1 aromatic carbocycles. The van der Waals surface area contributed by atoms with E-state index >= 15 is 0 Å². The van der Waals surface area contributed by atoms with Gasteiger partial charge in [0.15, 0.2) is 0 Å². The Morgan fingerprint density at radius 1 is 1.10 bits per heavy atom. The summed E-state index contributed by atoms with van der Waals surface area (Å²) in [6.45, 7) is 3.44. The Kier molecular flexibility index (Phi) is 3.12. The fourth-order valence-electron chi connectivity index (χ4n) is 4.98. The van der Waals surface area contributed by atoms with Crippen molar-refractivity contribution in [1.82, 2.24) is 4.90 Å². The number of nitrogens with two attached hydrogens (primary N) is 1. The molecule has 0 amide bonds. The molecule has 1 saturated carbocycles. The summed E-state index contributed by atoms with van der Waals surface area (Å²) >= 11 is 0. The van der Waals surface area contributed by atoms with Gasteiger partial charge in [0, 0.05) is 25.2 Å². The molecule has 4 rings (SSSR count). The molecular formula is C18H26N2. The van der Waals surface area contributed by atoms with E-state index in [2.05, 4.69) is 29.2 Å². The van der Waals surface area contributed by atoms with Gasteiger partial charge in [-0.1, -0.05) is 30.7 Å². The van der Waals surface area contributed by atoms with Crippen molar-refractivity contribution in [1.29, 1.82) is 0 Å². The standard InChI is InChI=1S/C18H26N2/c19-13-18(20-11-16-6-3-7-17(16)12-20)9-8-14-4-1-2-5-15(14)10-18/h1-2,4-5,16-17H,3,6-13,19H2. The van der Waals surface area contributed by atoms with Crippen molar-refractivity contribution in [2.24, 2.45) is 17.6 Å². The largest absolute Gasteiger partial charge is 0.329 e. The minimum absolute atomic E-state index is 0.249. The van der Waals surface area contributed by atoms with Crippen molar-refractivity contribution >= 4 is 0 Å². The number of hydrogen-bond acceptors (Lipinski definition) is 2. The minimum Gasteiger partial charge on any atom is -0.329 e. The monoisotopic (exact) mass is 270 g/mol. The maximum absolute atomic E-state index is 6.28. The molecule has 0 spiro atoms. The molecule has 2 heteroatoms. The van der Waals surface area contributed by atoms with Gasteiger partial charge < -0.3 is 5.73 Å². The highest BCUT2D eigenvalue weighted by molar-refractivity contribution is 5.32. The van der Waals surface area contributed by atoms with Gasteiger partial charge in [-0.3, -0.25) is 4.90 Å². The van der Waals surface area contributed by atoms with Crippen LogP contribution in [0.3, 0.4) is 0 Å². The van der Waals surface area contributed by atoms with Crippen LogP contribution in [0.5, 0.6) is 0 Å². The summed E-state index contributed by atoms with van der Waals surface area (Å²) in [7, 11) is 0. The number of fused-ring (bicyclic) bond motifs is 2. The van der Waals surface area contributed by atoms with Gasteiger partial charge in [0.25, 0.3) is 0 Å². The normalized spacial score (nSPS) is 36.9. The van der Waals surface area contributed by atoms with Crippen molar-refractivity contribution in [3.8, 4) is 0 Å². The first kappa shape index (κ1) is 12.8. The number of likely N-dealkylation sites (tertiary alicyclic amines) is 1. The summed E-state index contributed by atoms with van der Waals surface area (Å²) in [5.41, 5.74) is 9.63. The average molecular weight is 270 g/mol. The highest BCUT2D eigenvalue weighted by Crippen LogP contribution is 2.43. The summed E-state index contributed by atoms with van der Waals surface area (Å²) < 4.78 is 0.